The minimum absolute atomic E-state index is 0.363. The predicted octanol–water partition coefficient (Wildman–Crippen LogP) is 3.33. The summed E-state index contributed by atoms with van der Waals surface area (Å²) in [6.45, 7) is 0.984. The van der Waals surface area contributed by atoms with Gasteiger partial charge in [-0.25, -0.2) is 4.98 Å². The number of halogens is 1. The van der Waals surface area contributed by atoms with Crippen molar-refractivity contribution in [2.24, 2.45) is 5.73 Å². The Balaban J connectivity index is 1.79. The summed E-state index contributed by atoms with van der Waals surface area (Å²) >= 11 is 5.03. The third-order valence-corrected chi connectivity index (χ3v) is 3.85. The summed E-state index contributed by atoms with van der Waals surface area (Å²) in [6, 6.07) is 11.7. The highest BCUT2D eigenvalue weighted by atomic mass is 79.9. The quantitative estimate of drug-likeness (QED) is 0.503. The van der Waals surface area contributed by atoms with E-state index in [0.717, 1.165) is 26.6 Å². The van der Waals surface area contributed by atoms with E-state index in [0.29, 0.717) is 13.2 Å². The molecule has 3 nitrogen and oxygen atoms in total. The molecule has 2 aromatic rings. The van der Waals surface area contributed by atoms with Crippen LogP contribution in [0.25, 0.3) is 0 Å². The van der Waals surface area contributed by atoms with Gasteiger partial charge in [0.15, 0.2) is 0 Å². The molecule has 2 rings (SSSR count). The van der Waals surface area contributed by atoms with Crippen molar-refractivity contribution in [3.05, 3.63) is 52.6 Å². The molecule has 0 bridgehead atoms. The Bertz CT molecular complexity index is 635. The van der Waals surface area contributed by atoms with Crippen LogP contribution in [0.5, 0.6) is 5.75 Å². The van der Waals surface area contributed by atoms with Crippen molar-refractivity contribution < 1.29 is 4.74 Å². The van der Waals surface area contributed by atoms with E-state index in [9.17, 15) is 0 Å². The van der Waals surface area contributed by atoms with Gasteiger partial charge in [-0.1, -0.05) is 17.9 Å². The molecule has 5 heteroatoms. The molecule has 2 N–H and O–H groups in total. The zero-order valence-electron chi connectivity index (χ0n) is 11.4. The summed E-state index contributed by atoms with van der Waals surface area (Å²) in [7, 11) is 0. The zero-order valence-corrected chi connectivity index (χ0v) is 13.8. The van der Waals surface area contributed by atoms with Gasteiger partial charge in [-0.05, 0) is 46.3 Å². The van der Waals surface area contributed by atoms with E-state index in [1.807, 2.05) is 36.4 Å². The summed E-state index contributed by atoms with van der Waals surface area (Å²) < 4.78 is 6.70. The number of benzene rings is 1. The van der Waals surface area contributed by atoms with Crippen LogP contribution in [-0.2, 0) is 0 Å². The van der Waals surface area contributed by atoms with E-state index in [2.05, 4.69) is 32.8 Å². The molecule has 0 aliphatic rings. The zero-order chi connectivity index (χ0) is 14.9. The fourth-order valence-corrected chi connectivity index (χ4v) is 2.47. The molecule has 21 heavy (non-hydrogen) atoms. The first-order chi connectivity index (χ1) is 10.3. The normalized spacial score (nSPS) is 9.81. The van der Waals surface area contributed by atoms with Crippen molar-refractivity contribution >= 4 is 27.7 Å². The first-order valence-corrected chi connectivity index (χ1v) is 8.22. The van der Waals surface area contributed by atoms with Gasteiger partial charge in [0, 0.05) is 22.0 Å². The Morgan fingerprint density at radius 3 is 2.95 bits per heavy atom. The van der Waals surface area contributed by atoms with Crippen LogP contribution < -0.4 is 10.5 Å². The maximum Gasteiger partial charge on any atom is 0.120 e. The van der Waals surface area contributed by atoms with Crippen molar-refractivity contribution in [3.63, 3.8) is 0 Å². The topological polar surface area (TPSA) is 48.1 Å². The molecule has 0 aliphatic carbocycles. The molecular formula is C16H15BrN2OS. The molecule has 0 spiro atoms. The lowest BCUT2D eigenvalue weighted by Gasteiger charge is -2.06. The van der Waals surface area contributed by atoms with Crippen molar-refractivity contribution in [2.45, 2.75) is 5.03 Å². The molecule has 0 radical (unpaired) electrons. The highest BCUT2D eigenvalue weighted by Gasteiger charge is 1.98. The van der Waals surface area contributed by atoms with Gasteiger partial charge >= 0.3 is 0 Å². The van der Waals surface area contributed by atoms with Crippen LogP contribution >= 0.6 is 27.7 Å². The van der Waals surface area contributed by atoms with Gasteiger partial charge in [0.05, 0.1) is 18.2 Å². The number of hydrogen-bond acceptors (Lipinski definition) is 4. The lowest BCUT2D eigenvalue weighted by Crippen LogP contribution is -2.00. The standard InChI is InChI=1S/C16H15BrN2OS/c17-14-6-7-16(19-12-14)21-10-9-20-15-5-1-3-13(11-15)4-2-8-18/h1,3,5-7,11-12H,8-10,18H2. The number of nitrogens with zero attached hydrogens (tertiary/aromatic N) is 1. The fourth-order valence-electron chi connectivity index (χ4n) is 1.57. The Morgan fingerprint density at radius 1 is 1.29 bits per heavy atom. The smallest absolute Gasteiger partial charge is 0.120 e. The Kier molecular flexibility index (Phi) is 6.61. The lowest BCUT2D eigenvalue weighted by atomic mass is 10.2. The molecule has 108 valence electrons. The number of ether oxygens (including phenoxy) is 1. The molecule has 0 atom stereocenters. The second-order valence-corrected chi connectivity index (χ2v) is 6.08. The van der Waals surface area contributed by atoms with E-state index >= 15 is 0 Å². The Morgan fingerprint density at radius 2 is 2.19 bits per heavy atom. The summed E-state index contributed by atoms with van der Waals surface area (Å²) in [5.41, 5.74) is 6.28. The van der Waals surface area contributed by atoms with E-state index in [1.165, 1.54) is 0 Å². The molecule has 1 aromatic heterocycles. The molecular weight excluding hydrogens is 348 g/mol. The van der Waals surface area contributed by atoms with Crippen LogP contribution in [0.15, 0.2) is 52.1 Å². The van der Waals surface area contributed by atoms with Gasteiger partial charge in [-0.15, -0.1) is 11.8 Å². The number of thioether (sulfide) groups is 1. The number of hydrogen-bond donors (Lipinski definition) is 1. The van der Waals surface area contributed by atoms with Gasteiger partial charge in [-0.3, -0.25) is 0 Å². The minimum atomic E-state index is 0.363. The van der Waals surface area contributed by atoms with E-state index < -0.39 is 0 Å². The Labute approximate surface area is 137 Å². The van der Waals surface area contributed by atoms with Gasteiger partial charge in [0.2, 0.25) is 0 Å². The van der Waals surface area contributed by atoms with Crippen LogP contribution in [0.3, 0.4) is 0 Å². The maximum atomic E-state index is 5.72. The molecule has 0 saturated carbocycles. The second-order valence-electron chi connectivity index (χ2n) is 4.05. The maximum absolute atomic E-state index is 5.72. The van der Waals surface area contributed by atoms with Crippen molar-refractivity contribution in [1.29, 1.82) is 0 Å². The van der Waals surface area contributed by atoms with Crippen molar-refractivity contribution in [2.75, 3.05) is 18.9 Å². The fraction of sp³-hybridized carbons (Fsp3) is 0.188. The van der Waals surface area contributed by atoms with Crippen LogP contribution in [-0.4, -0.2) is 23.9 Å². The largest absolute Gasteiger partial charge is 0.493 e. The minimum Gasteiger partial charge on any atom is -0.493 e. The second kappa shape index (κ2) is 8.73. The summed E-state index contributed by atoms with van der Waals surface area (Å²) in [5.74, 6) is 7.49. The summed E-state index contributed by atoms with van der Waals surface area (Å²) in [4.78, 5) is 4.30. The van der Waals surface area contributed by atoms with Crippen molar-refractivity contribution in [1.82, 2.24) is 4.98 Å². The number of rotatable bonds is 5. The van der Waals surface area contributed by atoms with Crippen LogP contribution in [0, 0.1) is 11.8 Å². The molecule has 0 saturated heterocycles. The van der Waals surface area contributed by atoms with E-state index in [1.54, 1.807) is 18.0 Å². The molecule has 0 unspecified atom stereocenters. The first kappa shape index (κ1) is 15.9. The highest BCUT2D eigenvalue weighted by molar-refractivity contribution is 9.10. The number of aromatic nitrogens is 1. The van der Waals surface area contributed by atoms with Crippen molar-refractivity contribution in [3.8, 4) is 17.6 Å². The third kappa shape index (κ3) is 5.80. The van der Waals surface area contributed by atoms with Gasteiger partial charge in [-0.2, -0.15) is 0 Å². The molecule has 0 aliphatic heterocycles. The molecule has 0 amide bonds. The molecule has 1 aromatic carbocycles. The predicted molar refractivity (Wildman–Crippen MR) is 90.5 cm³/mol. The SMILES string of the molecule is NCC#Cc1cccc(OCCSc2ccc(Br)cn2)c1. The molecule has 0 fully saturated rings. The molecule has 1 heterocycles. The van der Waals surface area contributed by atoms with Gasteiger partial charge in [0.25, 0.3) is 0 Å². The third-order valence-electron chi connectivity index (χ3n) is 2.47. The van der Waals surface area contributed by atoms with Gasteiger partial charge in [0.1, 0.15) is 5.75 Å². The summed E-state index contributed by atoms with van der Waals surface area (Å²) in [6.07, 6.45) is 1.79. The monoisotopic (exact) mass is 362 g/mol. The van der Waals surface area contributed by atoms with E-state index in [4.69, 9.17) is 10.5 Å². The van der Waals surface area contributed by atoms with Crippen LogP contribution in [0.2, 0.25) is 0 Å². The average Bonchev–Trinajstić information content (AvgIpc) is 2.52. The lowest BCUT2D eigenvalue weighted by molar-refractivity contribution is 0.344. The van der Waals surface area contributed by atoms with Crippen LogP contribution in [0.1, 0.15) is 5.56 Å². The highest BCUT2D eigenvalue weighted by Crippen LogP contribution is 2.18. The first-order valence-electron chi connectivity index (χ1n) is 6.44. The average molecular weight is 363 g/mol. The van der Waals surface area contributed by atoms with E-state index in [-0.39, 0.29) is 0 Å². The summed E-state index contributed by atoms with van der Waals surface area (Å²) in [5, 5.41) is 0.990. The van der Waals surface area contributed by atoms with Gasteiger partial charge < -0.3 is 10.5 Å². The van der Waals surface area contributed by atoms with Crippen LogP contribution in [0.4, 0.5) is 0 Å². The number of pyridine rings is 1. The Hall–Kier alpha value is -1.48. The number of nitrogens with two attached hydrogens (primary N) is 1.